The van der Waals surface area contributed by atoms with Gasteiger partial charge in [0.25, 0.3) is 0 Å². The van der Waals surface area contributed by atoms with E-state index < -0.39 is 6.10 Å². The molecule has 0 saturated carbocycles. The van der Waals surface area contributed by atoms with Crippen LogP contribution in [0.2, 0.25) is 0 Å². The topological polar surface area (TPSA) is 72.6 Å². The van der Waals surface area contributed by atoms with Crippen LogP contribution in [-0.4, -0.2) is 64.6 Å². The van der Waals surface area contributed by atoms with Gasteiger partial charge in [-0.15, -0.1) is 10.2 Å². The molecule has 0 amide bonds. The minimum atomic E-state index is -0.570. The number of aliphatic hydroxyl groups excluding tert-OH is 1. The number of hydrogen-bond acceptors (Lipinski definition) is 7. The lowest BCUT2D eigenvalue weighted by molar-refractivity contribution is 0.121. The van der Waals surface area contributed by atoms with Gasteiger partial charge >= 0.3 is 0 Å². The van der Waals surface area contributed by atoms with Crippen molar-refractivity contribution in [3.8, 4) is 5.75 Å². The second-order valence-corrected chi connectivity index (χ2v) is 6.70. The third-order valence-corrected chi connectivity index (χ3v) is 5.01. The van der Waals surface area contributed by atoms with Crippen molar-refractivity contribution in [2.45, 2.75) is 24.7 Å². The fraction of sp³-hybridized carbons (Fsp3) is 0.529. The number of aromatic nitrogens is 3. The van der Waals surface area contributed by atoms with Crippen molar-refractivity contribution < 1.29 is 14.6 Å². The summed E-state index contributed by atoms with van der Waals surface area (Å²) < 4.78 is 13.1. The highest BCUT2D eigenvalue weighted by Crippen LogP contribution is 2.23. The van der Waals surface area contributed by atoms with Gasteiger partial charge in [-0.2, -0.15) is 0 Å². The Morgan fingerprint density at radius 1 is 1.24 bits per heavy atom. The second-order valence-electron chi connectivity index (χ2n) is 5.72. The van der Waals surface area contributed by atoms with Crippen molar-refractivity contribution in [1.82, 2.24) is 14.8 Å². The number of rotatable bonds is 8. The summed E-state index contributed by atoms with van der Waals surface area (Å²) in [7, 11) is 0. The van der Waals surface area contributed by atoms with E-state index >= 15 is 0 Å². The summed E-state index contributed by atoms with van der Waals surface area (Å²) in [4.78, 5) is 2.19. The van der Waals surface area contributed by atoms with Crippen molar-refractivity contribution in [1.29, 1.82) is 0 Å². The van der Waals surface area contributed by atoms with E-state index in [1.165, 1.54) is 11.8 Å². The number of nitrogens with zero attached hydrogens (tertiary/aromatic N) is 4. The predicted octanol–water partition coefficient (Wildman–Crippen LogP) is 1.67. The van der Waals surface area contributed by atoms with E-state index in [1.54, 1.807) is 0 Å². The summed E-state index contributed by atoms with van der Waals surface area (Å²) in [6.45, 7) is 6.22. The molecule has 1 fully saturated rings. The lowest BCUT2D eigenvalue weighted by Crippen LogP contribution is -2.38. The first-order valence-electron chi connectivity index (χ1n) is 8.52. The molecular formula is C17H24N4O3S. The van der Waals surface area contributed by atoms with Crippen LogP contribution in [0.1, 0.15) is 6.92 Å². The van der Waals surface area contributed by atoms with Gasteiger partial charge in [0, 0.05) is 25.4 Å². The average molecular weight is 364 g/mol. The number of hydrogen-bond donors (Lipinski definition) is 1. The summed E-state index contributed by atoms with van der Waals surface area (Å²) in [6, 6.07) is 9.51. The van der Waals surface area contributed by atoms with Crippen LogP contribution in [0.15, 0.2) is 35.5 Å². The molecule has 8 heteroatoms. The highest BCUT2D eigenvalue weighted by atomic mass is 32.2. The largest absolute Gasteiger partial charge is 0.491 e. The van der Waals surface area contributed by atoms with Gasteiger partial charge in [-0.05, 0) is 19.1 Å². The fourth-order valence-corrected chi connectivity index (χ4v) is 3.49. The van der Waals surface area contributed by atoms with Crippen LogP contribution in [-0.2, 0) is 11.3 Å². The lowest BCUT2D eigenvalue weighted by atomic mass is 10.3. The van der Waals surface area contributed by atoms with E-state index in [9.17, 15) is 5.11 Å². The maximum atomic E-state index is 10.2. The summed E-state index contributed by atoms with van der Waals surface area (Å²) in [6.07, 6.45) is -0.570. The Morgan fingerprint density at radius 2 is 2.00 bits per heavy atom. The number of aliphatic hydroxyl groups is 1. The summed E-state index contributed by atoms with van der Waals surface area (Å²) >= 11 is 1.50. The first-order chi connectivity index (χ1) is 12.3. The molecule has 0 spiro atoms. The Kier molecular flexibility index (Phi) is 6.55. The van der Waals surface area contributed by atoms with Crippen LogP contribution in [0.3, 0.4) is 0 Å². The number of ether oxygens (including phenoxy) is 2. The van der Waals surface area contributed by atoms with Gasteiger partial charge in [-0.25, -0.2) is 0 Å². The molecule has 1 saturated heterocycles. The second kappa shape index (κ2) is 9.07. The zero-order valence-electron chi connectivity index (χ0n) is 14.4. The highest BCUT2D eigenvalue weighted by Gasteiger charge is 2.20. The van der Waals surface area contributed by atoms with E-state index in [1.807, 2.05) is 30.3 Å². The summed E-state index contributed by atoms with van der Waals surface area (Å²) in [5, 5.41) is 19.6. The molecule has 7 nitrogen and oxygen atoms in total. The van der Waals surface area contributed by atoms with Crippen LogP contribution >= 0.6 is 11.8 Å². The number of benzene rings is 1. The maximum absolute atomic E-state index is 10.2. The van der Waals surface area contributed by atoms with Gasteiger partial charge in [0.15, 0.2) is 5.16 Å². The zero-order chi connectivity index (χ0) is 17.5. The molecule has 1 aromatic carbocycles. The molecule has 1 aliphatic heterocycles. The number of para-hydroxylation sites is 1. The van der Waals surface area contributed by atoms with Crippen LogP contribution in [0.25, 0.3) is 0 Å². The van der Waals surface area contributed by atoms with E-state index in [0.29, 0.717) is 19.0 Å². The number of anilines is 1. The first-order valence-corrected chi connectivity index (χ1v) is 9.51. The molecule has 25 heavy (non-hydrogen) atoms. The minimum absolute atomic E-state index is 0.258. The Labute approximate surface area is 151 Å². The molecule has 1 aromatic heterocycles. The average Bonchev–Trinajstić information content (AvgIpc) is 3.09. The standard InChI is InChI=1S/C17H24N4O3S/c1-2-21-16(20-8-10-23-11-9-20)18-19-17(21)25-13-14(22)12-24-15-6-4-3-5-7-15/h3-7,14,22H,2,8-13H2,1H3/t14-/m0/s1. The van der Waals surface area contributed by atoms with Crippen molar-refractivity contribution in [3.05, 3.63) is 30.3 Å². The van der Waals surface area contributed by atoms with Crippen LogP contribution in [0, 0.1) is 0 Å². The van der Waals surface area contributed by atoms with Gasteiger partial charge < -0.3 is 19.5 Å². The Balaban J connectivity index is 1.53. The quantitative estimate of drug-likeness (QED) is 0.714. The van der Waals surface area contributed by atoms with E-state index in [4.69, 9.17) is 9.47 Å². The van der Waals surface area contributed by atoms with Gasteiger partial charge in [0.1, 0.15) is 12.4 Å². The van der Waals surface area contributed by atoms with Crippen molar-refractivity contribution >= 4 is 17.7 Å². The first kappa shape index (κ1) is 18.0. The molecule has 1 atom stereocenters. The van der Waals surface area contributed by atoms with Gasteiger partial charge in [0.2, 0.25) is 5.95 Å². The zero-order valence-corrected chi connectivity index (χ0v) is 15.2. The third-order valence-electron chi connectivity index (χ3n) is 3.90. The Bertz CT molecular complexity index is 647. The molecule has 3 rings (SSSR count). The molecule has 1 aliphatic rings. The fourth-order valence-electron chi connectivity index (χ4n) is 2.59. The SMILES string of the molecule is CCn1c(SC[C@@H](O)COc2ccccc2)nnc1N1CCOCC1. The molecule has 136 valence electrons. The Hall–Kier alpha value is -1.77. The van der Waals surface area contributed by atoms with E-state index in [-0.39, 0.29) is 6.61 Å². The van der Waals surface area contributed by atoms with Crippen LogP contribution in [0.5, 0.6) is 5.75 Å². The van der Waals surface area contributed by atoms with Crippen molar-refractivity contribution in [2.75, 3.05) is 43.6 Å². The summed E-state index contributed by atoms with van der Waals surface area (Å²) in [5.74, 6) is 2.15. The molecule has 0 bridgehead atoms. The monoisotopic (exact) mass is 364 g/mol. The minimum Gasteiger partial charge on any atom is -0.491 e. The summed E-state index contributed by atoms with van der Waals surface area (Å²) in [5.41, 5.74) is 0. The van der Waals surface area contributed by atoms with E-state index in [0.717, 1.165) is 36.5 Å². The normalized spacial score (nSPS) is 16.0. The lowest BCUT2D eigenvalue weighted by Gasteiger charge is -2.27. The number of morpholine rings is 1. The smallest absolute Gasteiger partial charge is 0.228 e. The van der Waals surface area contributed by atoms with Crippen molar-refractivity contribution in [3.63, 3.8) is 0 Å². The van der Waals surface area contributed by atoms with Crippen LogP contribution in [0.4, 0.5) is 5.95 Å². The Morgan fingerprint density at radius 3 is 2.72 bits per heavy atom. The molecule has 0 aliphatic carbocycles. The number of thioether (sulfide) groups is 1. The molecule has 2 heterocycles. The highest BCUT2D eigenvalue weighted by molar-refractivity contribution is 7.99. The van der Waals surface area contributed by atoms with Gasteiger partial charge in [-0.1, -0.05) is 30.0 Å². The van der Waals surface area contributed by atoms with Gasteiger partial charge in [-0.3, -0.25) is 4.57 Å². The van der Waals surface area contributed by atoms with E-state index in [2.05, 4.69) is 26.6 Å². The molecular weight excluding hydrogens is 340 g/mol. The predicted molar refractivity (Wildman–Crippen MR) is 97.4 cm³/mol. The van der Waals surface area contributed by atoms with Crippen LogP contribution < -0.4 is 9.64 Å². The molecule has 1 N–H and O–H groups in total. The maximum Gasteiger partial charge on any atom is 0.228 e. The van der Waals surface area contributed by atoms with Gasteiger partial charge in [0.05, 0.1) is 19.3 Å². The third kappa shape index (κ3) is 4.87. The molecule has 2 aromatic rings. The molecule has 0 radical (unpaired) electrons. The van der Waals surface area contributed by atoms with Crippen molar-refractivity contribution in [2.24, 2.45) is 0 Å². The molecule has 0 unspecified atom stereocenters.